The third-order valence-electron chi connectivity index (χ3n) is 4.13. The van der Waals surface area contributed by atoms with Crippen molar-refractivity contribution in [3.63, 3.8) is 0 Å². The molecule has 1 aromatic heterocycles. The lowest BCUT2D eigenvalue weighted by atomic mass is 10.3. The molecule has 0 aliphatic carbocycles. The topological polar surface area (TPSA) is 63.7 Å². The summed E-state index contributed by atoms with van der Waals surface area (Å²) >= 11 is 7.45. The maximum atomic E-state index is 12.1. The number of thiazole rings is 1. The van der Waals surface area contributed by atoms with Gasteiger partial charge in [0, 0.05) is 23.8 Å². The van der Waals surface area contributed by atoms with Crippen molar-refractivity contribution in [2.75, 3.05) is 43.1 Å². The third kappa shape index (κ3) is 4.50. The van der Waals surface area contributed by atoms with E-state index in [9.17, 15) is 4.79 Å². The second kappa shape index (κ2) is 8.12. The highest BCUT2D eigenvalue weighted by molar-refractivity contribution is 7.22. The molecule has 0 saturated carbocycles. The standard InChI is InChI=1S/C19H18ClN3O3S/c20-13-1-4-15(5-2-13)26-12-18(24)21-14-3-6-16-17(11-14)27-19(22-16)23-7-9-25-10-8-23/h1-6,11H,7-10,12H2,(H,21,24). The van der Waals surface area contributed by atoms with Gasteiger partial charge in [0.05, 0.1) is 23.4 Å². The Morgan fingerprint density at radius 3 is 2.78 bits per heavy atom. The van der Waals surface area contributed by atoms with Crippen LogP contribution in [0.4, 0.5) is 10.8 Å². The first-order valence-electron chi connectivity index (χ1n) is 8.59. The highest BCUT2D eigenvalue weighted by Crippen LogP contribution is 2.31. The first kappa shape index (κ1) is 18.0. The quantitative estimate of drug-likeness (QED) is 0.702. The molecule has 2 aromatic carbocycles. The van der Waals surface area contributed by atoms with Crippen LogP contribution in [-0.4, -0.2) is 43.8 Å². The summed E-state index contributed by atoms with van der Waals surface area (Å²) in [7, 11) is 0. The Labute approximate surface area is 165 Å². The molecule has 1 saturated heterocycles. The summed E-state index contributed by atoms with van der Waals surface area (Å²) in [4.78, 5) is 19.1. The van der Waals surface area contributed by atoms with Crippen molar-refractivity contribution < 1.29 is 14.3 Å². The van der Waals surface area contributed by atoms with Crippen LogP contribution >= 0.6 is 22.9 Å². The van der Waals surface area contributed by atoms with Crippen molar-refractivity contribution in [2.24, 2.45) is 0 Å². The average Bonchev–Trinajstić information content (AvgIpc) is 3.12. The zero-order chi connectivity index (χ0) is 18.6. The van der Waals surface area contributed by atoms with Gasteiger partial charge in [-0.15, -0.1) is 0 Å². The van der Waals surface area contributed by atoms with E-state index in [1.54, 1.807) is 35.6 Å². The molecule has 1 fully saturated rings. The van der Waals surface area contributed by atoms with Crippen LogP contribution in [0.3, 0.4) is 0 Å². The summed E-state index contributed by atoms with van der Waals surface area (Å²) < 4.78 is 11.9. The van der Waals surface area contributed by atoms with E-state index in [1.165, 1.54) is 0 Å². The van der Waals surface area contributed by atoms with Crippen LogP contribution in [0.25, 0.3) is 10.2 Å². The average molecular weight is 404 g/mol. The van der Waals surface area contributed by atoms with E-state index in [0.717, 1.165) is 47.3 Å². The molecule has 0 atom stereocenters. The number of carbonyl (C=O) groups excluding carboxylic acids is 1. The van der Waals surface area contributed by atoms with Crippen LogP contribution < -0.4 is 15.0 Å². The first-order valence-corrected chi connectivity index (χ1v) is 9.78. The third-order valence-corrected chi connectivity index (χ3v) is 5.46. The minimum absolute atomic E-state index is 0.0681. The van der Waals surface area contributed by atoms with Gasteiger partial charge in [0.1, 0.15) is 5.75 Å². The smallest absolute Gasteiger partial charge is 0.262 e. The number of amides is 1. The summed E-state index contributed by atoms with van der Waals surface area (Å²) in [6.07, 6.45) is 0. The van der Waals surface area contributed by atoms with E-state index in [4.69, 9.17) is 21.1 Å². The summed E-state index contributed by atoms with van der Waals surface area (Å²) in [5, 5.41) is 4.47. The molecule has 1 aliphatic rings. The highest BCUT2D eigenvalue weighted by atomic mass is 35.5. The minimum Gasteiger partial charge on any atom is -0.484 e. The van der Waals surface area contributed by atoms with Gasteiger partial charge in [-0.05, 0) is 42.5 Å². The van der Waals surface area contributed by atoms with Crippen molar-refractivity contribution >= 4 is 49.9 Å². The Morgan fingerprint density at radius 1 is 1.22 bits per heavy atom. The number of hydrogen-bond donors (Lipinski definition) is 1. The van der Waals surface area contributed by atoms with Crippen LogP contribution in [0, 0.1) is 0 Å². The van der Waals surface area contributed by atoms with E-state index >= 15 is 0 Å². The molecule has 0 spiro atoms. The fourth-order valence-corrected chi connectivity index (χ4v) is 3.94. The van der Waals surface area contributed by atoms with Gasteiger partial charge >= 0.3 is 0 Å². The number of aromatic nitrogens is 1. The molecule has 1 N–H and O–H groups in total. The van der Waals surface area contributed by atoms with Crippen molar-refractivity contribution in [1.82, 2.24) is 4.98 Å². The number of ether oxygens (including phenoxy) is 2. The van der Waals surface area contributed by atoms with Gasteiger partial charge in [0.25, 0.3) is 5.91 Å². The van der Waals surface area contributed by atoms with Crippen molar-refractivity contribution in [3.8, 4) is 5.75 Å². The van der Waals surface area contributed by atoms with Gasteiger partial charge < -0.3 is 19.7 Å². The van der Waals surface area contributed by atoms with Crippen molar-refractivity contribution in [3.05, 3.63) is 47.5 Å². The largest absolute Gasteiger partial charge is 0.484 e. The molecule has 0 bridgehead atoms. The molecular formula is C19H18ClN3O3S. The van der Waals surface area contributed by atoms with Gasteiger partial charge in [-0.1, -0.05) is 22.9 Å². The normalized spacial score (nSPS) is 14.3. The van der Waals surface area contributed by atoms with Crippen LogP contribution in [-0.2, 0) is 9.53 Å². The van der Waals surface area contributed by atoms with Crippen molar-refractivity contribution in [1.29, 1.82) is 0 Å². The van der Waals surface area contributed by atoms with Gasteiger partial charge in [-0.3, -0.25) is 4.79 Å². The summed E-state index contributed by atoms with van der Waals surface area (Å²) in [6, 6.07) is 12.6. The zero-order valence-electron chi connectivity index (χ0n) is 14.5. The van der Waals surface area contributed by atoms with E-state index in [2.05, 4.69) is 15.2 Å². The fraction of sp³-hybridized carbons (Fsp3) is 0.263. The lowest BCUT2D eigenvalue weighted by Crippen LogP contribution is -2.36. The molecular weight excluding hydrogens is 386 g/mol. The molecule has 1 amide bonds. The Bertz CT molecular complexity index is 939. The molecule has 27 heavy (non-hydrogen) atoms. The molecule has 0 radical (unpaired) electrons. The second-order valence-electron chi connectivity index (χ2n) is 6.07. The maximum absolute atomic E-state index is 12.1. The molecule has 3 aromatic rings. The van der Waals surface area contributed by atoms with E-state index in [-0.39, 0.29) is 12.5 Å². The van der Waals surface area contributed by atoms with E-state index in [1.807, 2.05) is 18.2 Å². The molecule has 4 rings (SSSR count). The SMILES string of the molecule is O=C(COc1ccc(Cl)cc1)Nc1ccc2nc(N3CCOCC3)sc2c1. The molecule has 1 aliphatic heterocycles. The Morgan fingerprint density at radius 2 is 2.00 bits per heavy atom. The van der Waals surface area contributed by atoms with Gasteiger partial charge in [0.2, 0.25) is 0 Å². The summed E-state index contributed by atoms with van der Waals surface area (Å²) in [5.74, 6) is 0.379. The molecule has 2 heterocycles. The number of nitrogens with one attached hydrogen (secondary N) is 1. The predicted octanol–water partition coefficient (Wildman–Crippen LogP) is 3.80. The van der Waals surface area contributed by atoms with Gasteiger partial charge in [-0.25, -0.2) is 4.98 Å². The maximum Gasteiger partial charge on any atom is 0.262 e. The van der Waals surface area contributed by atoms with Crippen LogP contribution in [0.15, 0.2) is 42.5 Å². The number of nitrogens with zero attached hydrogens (tertiary/aromatic N) is 2. The number of hydrogen-bond acceptors (Lipinski definition) is 6. The van der Waals surface area contributed by atoms with Gasteiger partial charge in [-0.2, -0.15) is 0 Å². The van der Waals surface area contributed by atoms with Crippen LogP contribution in [0.1, 0.15) is 0 Å². The number of fused-ring (bicyclic) bond motifs is 1. The monoisotopic (exact) mass is 403 g/mol. The number of morpholine rings is 1. The summed E-state index contributed by atoms with van der Waals surface area (Å²) in [5.41, 5.74) is 1.65. The Hall–Kier alpha value is -2.35. The Kier molecular flexibility index (Phi) is 5.42. The summed E-state index contributed by atoms with van der Waals surface area (Å²) in [6.45, 7) is 3.09. The number of anilines is 2. The number of halogens is 1. The molecule has 6 nitrogen and oxygen atoms in total. The number of carbonyl (C=O) groups is 1. The lowest BCUT2D eigenvalue weighted by molar-refractivity contribution is -0.118. The van der Waals surface area contributed by atoms with E-state index in [0.29, 0.717) is 10.8 Å². The second-order valence-corrected chi connectivity index (χ2v) is 7.51. The number of benzene rings is 2. The van der Waals surface area contributed by atoms with Crippen LogP contribution in [0.5, 0.6) is 5.75 Å². The van der Waals surface area contributed by atoms with Gasteiger partial charge in [0.15, 0.2) is 11.7 Å². The molecule has 8 heteroatoms. The van der Waals surface area contributed by atoms with E-state index < -0.39 is 0 Å². The zero-order valence-corrected chi connectivity index (χ0v) is 16.1. The minimum atomic E-state index is -0.220. The number of rotatable bonds is 5. The molecule has 0 unspecified atom stereocenters. The predicted molar refractivity (Wildman–Crippen MR) is 108 cm³/mol. The first-order chi connectivity index (χ1) is 13.2. The Balaban J connectivity index is 1.39. The van der Waals surface area contributed by atoms with Crippen LogP contribution in [0.2, 0.25) is 5.02 Å². The highest BCUT2D eigenvalue weighted by Gasteiger charge is 2.15. The fourth-order valence-electron chi connectivity index (χ4n) is 2.76. The lowest BCUT2D eigenvalue weighted by Gasteiger charge is -2.25. The van der Waals surface area contributed by atoms with Crippen molar-refractivity contribution in [2.45, 2.75) is 0 Å². The molecule has 140 valence electrons.